The van der Waals surface area contributed by atoms with Crippen LogP contribution in [0.15, 0.2) is 41.8 Å². The molecule has 0 spiro atoms. The van der Waals surface area contributed by atoms with Crippen LogP contribution in [0, 0.1) is 0 Å². The van der Waals surface area contributed by atoms with Crippen LogP contribution in [0.4, 0.5) is 0 Å². The fourth-order valence-corrected chi connectivity index (χ4v) is 3.75. The van der Waals surface area contributed by atoms with Gasteiger partial charge in [0.05, 0.1) is 11.4 Å². The largest absolute Gasteiger partial charge is 0.338 e. The summed E-state index contributed by atoms with van der Waals surface area (Å²) in [6.07, 6.45) is 0. The second-order valence-electron chi connectivity index (χ2n) is 6.30. The first-order valence-corrected chi connectivity index (χ1v) is 9.90. The standard InChI is InChI=1S/C19H22ClN3O2S/c1-14(15-4-6-16(20)7-5-15)21-13-18(24)22-8-10-23(11-9-22)19(25)17-3-2-12-26-17/h2-7,12,14,21H,8-11,13H2,1H3/t14-/m1/s1. The zero-order valence-corrected chi connectivity index (χ0v) is 16.2. The van der Waals surface area contributed by atoms with E-state index < -0.39 is 0 Å². The number of nitrogens with zero attached hydrogens (tertiary/aromatic N) is 2. The molecule has 0 aliphatic carbocycles. The van der Waals surface area contributed by atoms with Crippen LogP contribution in [0.3, 0.4) is 0 Å². The normalized spacial score (nSPS) is 15.8. The maximum atomic E-state index is 12.4. The summed E-state index contributed by atoms with van der Waals surface area (Å²) in [5.74, 6) is 0.121. The van der Waals surface area contributed by atoms with Crippen LogP contribution in [0.2, 0.25) is 5.02 Å². The zero-order valence-electron chi connectivity index (χ0n) is 14.7. The summed E-state index contributed by atoms with van der Waals surface area (Å²) < 4.78 is 0. The lowest BCUT2D eigenvalue weighted by molar-refractivity contribution is -0.131. The highest BCUT2D eigenvalue weighted by atomic mass is 35.5. The van der Waals surface area contributed by atoms with Crippen LogP contribution in [0.1, 0.15) is 28.2 Å². The van der Waals surface area contributed by atoms with Crippen LogP contribution in [0.5, 0.6) is 0 Å². The molecule has 2 heterocycles. The fourth-order valence-electron chi connectivity index (χ4n) is 2.94. The smallest absolute Gasteiger partial charge is 0.264 e. The molecule has 1 atom stereocenters. The van der Waals surface area contributed by atoms with Crippen LogP contribution in [-0.2, 0) is 4.79 Å². The van der Waals surface area contributed by atoms with E-state index in [4.69, 9.17) is 11.6 Å². The van der Waals surface area contributed by atoms with Crippen molar-refractivity contribution >= 4 is 34.8 Å². The summed E-state index contributed by atoms with van der Waals surface area (Å²) in [6.45, 7) is 4.61. The summed E-state index contributed by atoms with van der Waals surface area (Å²) >= 11 is 7.36. The van der Waals surface area contributed by atoms with E-state index in [0.717, 1.165) is 10.4 Å². The van der Waals surface area contributed by atoms with Gasteiger partial charge in [0.25, 0.3) is 5.91 Å². The maximum absolute atomic E-state index is 12.4. The third-order valence-electron chi connectivity index (χ3n) is 4.58. The van der Waals surface area contributed by atoms with Gasteiger partial charge in [-0.3, -0.25) is 9.59 Å². The number of piperazine rings is 1. The fraction of sp³-hybridized carbons (Fsp3) is 0.368. The Labute approximate surface area is 162 Å². The summed E-state index contributed by atoms with van der Waals surface area (Å²) in [5.41, 5.74) is 1.09. The minimum atomic E-state index is 0.0570. The van der Waals surface area contributed by atoms with Crippen LogP contribution in [0.25, 0.3) is 0 Å². The van der Waals surface area contributed by atoms with Crippen LogP contribution >= 0.6 is 22.9 Å². The molecule has 0 unspecified atom stereocenters. The van der Waals surface area contributed by atoms with E-state index in [1.807, 2.05) is 58.5 Å². The number of halogens is 1. The molecular weight excluding hydrogens is 370 g/mol. The quantitative estimate of drug-likeness (QED) is 0.852. The van der Waals surface area contributed by atoms with Crippen molar-refractivity contribution in [2.24, 2.45) is 0 Å². The number of benzene rings is 1. The Bertz CT molecular complexity index is 741. The zero-order chi connectivity index (χ0) is 18.5. The first-order valence-electron chi connectivity index (χ1n) is 8.64. The van der Waals surface area contributed by atoms with Gasteiger partial charge in [0.2, 0.25) is 5.91 Å². The van der Waals surface area contributed by atoms with Crippen molar-refractivity contribution in [3.63, 3.8) is 0 Å². The summed E-state index contributed by atoms with van der Waals surface area (Å²) in [4.78, 5) is 29.2. The molecule has 0 saturated carbocycles. The van der Waals surface area contributed by atoms with Gasteiger partial charge >= 0.3 is 0 Å². The van der Waals surface area contributed by atoms with Gasteiger partial charge in [-0.2, -0.15) is 0 Å². The molecule has 1 aromatic heterocycles. The number of rotatable bonds is 5. The summed E-state index contributed by atoms with van der Waals surface area (Å²) in [5, 5.41) is 5.86. The van der Waals surface area contributed by atoms with Crippen molar-refractivity contribution in [3.8, 4) is 0 Å². The Morgan fingerprint density at radius 3 is 2.38 bits per heavy atom. The van der Waals surface area contributed by atoms with E-state index >= 15 is 0 Å². The minimum absolute atomic E-state index is 0.0570. The van der Waals surface area contributed by atoms with Crippen molar-refractivity contribution in [1.82, 2.24) is 15.1 Å². The lowest BCUT2D eigenvalue weighted by atomic mass is 10.1. The molecule has 0 radical (unpaired) electrons. The van der Waals surface area contributed by atoms with Gasteiger partial charge in [-0.05, 0) is 36.1 Å². The highest BCUT2D eigenvalue weighted by Crippen LogP contribution is 2.16. The van der Waals surface area contributed by atoms with Crippen molar-refractivity contribution < 1.29 is 9.59 Å². The Morgan fingerprint density at radius 1 is 1.12 bits per heavy atom. The van der Waals surface area contributed by atoms with Gasteiger partial charge in [-0.1, -0.05) is 29.8 Å². The van der Waals surface area contributed by atoms with E-state index in [1.54, 1.807) is 0 Å². The van der Waals surface area contributed by atoms with Crippen LogP contribution in [-0.4, -0.2) is 54.3 Å². The molecule has 1 fully saturated rings. The number of amides is 2. The summed E-state index contributed by atoms with van der Waals surface area (Å²) in [6, 6.07) is 11.4. The molecule has 1 aliphatic heterocycles. The first kappa shape index (κ1) is 18.9. The molecule has 3 rings (SSSR count). The van der Waals surface area contributed by atoms with Gasteiger partial charge < -0.3 is 15.1 Å². The monoisotopic (exact) mass is 391 g/mol. The Kier molecular flexibility index (Phi) is 6.29. The van der Waals surface area contributed by atoms with Gasteiger partial charge in [0.15, 0.2) is 0 Å². The molecule has 26 heavy (non-hydrogen) atoms. The number of nitrogens with one attached hydrogen (secondary N) is 1. The average Bonchev–Trinajstić information content (AvgIpc) is 3.20. The highest BCUT2D eigenvalue weighted by Gasteiger charge is 2.25. The molecule has 2 aromatic rings. The van der Waals surface area contributed by atoms with E-state index in [2.05, 4.69) is 5.32 Å². The van der Waals surface area contributed by atoms with Crippen LogP contribution < -0.4 is 5.32 Å². The summed E-state index contributed by atoms with van der Waals surface area (Å²) in [7, 11) is 0. The predicted octanol–water partition coefficient (Wildman–Crippen LogP) is 3.04. The molecule has 1 aliphatic rings. The number of hydrogen-bond donors (Lipinski definition) is 1. The van der Waals surface area contributed by atoms with E-state index in [-0.39, 0.29) is 24.4 Å². The van der Waals surface area contributed by atoms with Crippen molar-refractivity contribution in [1.29, 1.82) is 0 Å². The third-order valence-corrected chi connectivity index (χ3v) is 5.69. The second kappa shape index (κ2) is 8.66. The van der Waals surface area contributed by atoms with Gasteiger partial charge in [-0.15, -0.1) is 11.3 Å². The van der Waals surface area contributed by atoms with Crippen molar-refractivity contribution in [2.75, 3.05) is 32.7 Å². The van der Waals surface area contributed by atoms with Gasteiger partial charge in [0.1, 0.15) is 0 Å². The molecule has 7 heteroatoms. The van der Waals surface area contributed by atoms with E-state index in [0.29, 0.717) is 31.2 Å². The minimum Gasteiger partial charge on any atom is -0.338 e. The average molecular weight is 392 g/mol. The number of carbonyl (C=O) groups excluding carboxylic acids is 2. The van der Waals surface area contributed by atoms with Crippen molar-refractivity contribution in [2.45, 2.75) is 13.0 Å². The molecule has 1 aromatic carbocycles. The second-order valence-corrected chi connectivity index (χ2v) is 7.69. The molecular formula is C19H22ClN3O2S. The predicted molar refractivity (Wildman–Crippen MR) is 105 cm³/mol. The topological polar surface area (TPSA) is 52.7 Å². The third kappa shape index (κ3) is 4.63. The SMILES string of the molecule is C[C@@H](NCC(=O)N1CCN(C(=O)c2cccs2)CC1)c1ccc(Cl)cc1. The molecule has 2 amide bonds. The Balaban J connectivity index is 1.45. The Morgan fingerprint density at radius 2 is 1.77 bits per heavy atom. The highest BCUT2D eigenvalue weighted by molar-refractivity contribution is 7.12. The van der Waals surface area contributed by atoms with Gasteiger partial charge in [-0.25, -0.2) is 0 Å². The lowest BCUT2D eigenvalue weighted by Gasteiger charge is -2.34. The maximum Gasteiger partial charge on any atom is 0.264 e. The van der Waals surface area contributed by atoms with E-state index in [1.165, 1.54) is 11.3 Å². The Hall–Kier alpha value is -1.89. The lowest BCUT2D eigenvalue weighted by Crippen LogP contribution is -2.52. The van der Waals surface area contributed by atoms with E-state index in [9.17, 15) is 9.59 Å². The number of hydrogen-bond acceptors (Lipinski definition) is 4. The number of thiophene rings is 1. The number of carbonyl (C=O) groups is 2. The van der Waals surface area contributed by atoms with Crippen molar-refractivity contribution in [3.05, 3.63) is 57.2 Å². The molecule has 1 saturated heterocycles. The molecule has 138 valence electrons. The van der Waals surface area contributed by atoms with Gasteiger partial charge in [0, 0.05) is 37.2 Å². The molecule has 5 nitrogen and oxygen atoms in total. The molecule has 1 N–H and O–H groups in total. The molecule has 0 bridgehead atoms. The first-order chi connectivity index (χ1) is 12.5.